The highest BCUT2D eigenvalue weighted by atomic mass is 31.2. The lowest BCUT2D eigenvalue weighted by Gasteiger charge is -2.21. The maximum atomic E-state index is 12.8. The van der Waals surface area contributed by atoms with Gasteiger partial charge in [-0.2, -0.15) is 5.26 Å². The zero-order chi connectivity index (χ0) is 22.9. The Morgan fingerprint density at radius 1 is 1.39 bits per heavy atom. The normalized spacial score (nSPS) is 22.8. The van der Waals surface area contributed by atoms with E-state index in [4.69, 9.17) is 29.3 Å². The van der Waals surface area contributed by atoms with E-state index >= 15 is 0 Å². The van der Waals surface area contributed by atoms with Crippen LogP contribution >= 0.6 is 7.82 Å². The fourth-order valence-electron chi connectivity index (χ4n) is 2.77. The summed E-state index contributed by atoms with van der Waals surface area (Å²) in [6.07, 6.45) is -1.40. The van der Waals surface area contributed by atoms with Gasteiger partial charge in [0.15, 0.2) is 0 Å². The number of nitrogens with two attached hydrogens (primary N) is 1. The van der Waals surface area contributed by atoms with Crippen LogP contribution in [0.15, 0.2) is 15.8 Å². The van der Waals surface area contributed by atoms with Crippen LogP contribution in [0.25, 0.3) is 0 Å². The third-order valence-electron chi connectivity index (χ3n) is 4.37. The molecule has 0 spiro atoms. The Morgan fingerprint density at radius 2 is 2.13 bits per heavy atom. The van der Waals surface area contributed by atoms with Gasteiger partial charge in [-0.3, -0.25) is 27.9 Å². The summed E-state index contributed by atoms with van der Waals surface area (Å²) >= 11 is 0. The van der Waals surface area contributed by atoms with Gasteiger partial charge in [0, 0.05) is 37.8 Å². The van der Waals surface area contributed by atoms with Crippen molar-refractivity contribution in [1.82, 2.24) is 14.9 Å². The molecule has 14 heteroatoms. The second-order valence-electron chi connectivity index (χ2n) is 6.77. The average Bonchev–Trinajstić information content (AvgIpc) is 3.10. The number of aromatic nitrogens is 2. The highest BCUT2D eigenvalue weighted by Gasteiger charge is 2.38. The molecule has 2 heterocycles. The number of aliphatic hydroxyl groups is 1. The standard InChI is InChI=1S/C17H28N5O8P/c1-12-10-22(17(25)21-16(12)24)15-9-13(23)14(30-15)11-29-31(26,27-7-2-3-18)28-8-6-20-5-4-19/h10,13-15,20,23H,2,4-9,11,19H2,1H3,(H,21,24,25)/t13-,14+,15+,31?/m0/s1. The van der Waals surface area contributed by atoms with Crippen LogP contribution in [0.1, 0.15) is 24.6 Å². The fourth-order valence-corrected chi connectivity index (χ4v) is 3.96. The number of nitriles is 1. The molecule has 1 aliphatic heterocycles. The maximum Gasteiger partial charge on any atom is 0.474 e. The Balaban J connectivity index is 1.97. The maximum absolute atomic E-state index is 12.8. The largest absolute Gasteiger partial charge is 0.474 e. The van der Waals surface area contributed by atoms with Crippen LogP contribution in [-0.2, 0) is 22.9 Å². The van der Waals surface area contributed by atoms with E-state index in [9.17, 15) is 19.3 Å². The molecule has 1 aromatic heterocycles. The molecule has 5 N–H and O–H groups in total. The Morgan fingerprint density at radius 3 is 2.84 bits per heavy atom. The number of hydrogen-bond acceptors (Lipinski definition) is 11. The highest BCUT2D eigenvalue weighted by molar-refractivity contribution is 7.48. The van der Waals surface area contributed by atoms with Crippen molar-refractivity contribution in [2.45, 2.75) is 38.2 Å². The predicted molar refractivity (Wildman–Crippen MR) is 108 cm³/mol. The smallest absolute Gasteiger partial charge is 0.390 e. The molecule has 0 aliphatic carbocycles. The van der Waals surface area contributed by atoms with E-state index in [1.807, 2.05) is 6.07 Å². The molecule has 1 aliphatic rings. The lowest BCUT2D eigenvalue weighted by Crippen LogP contribution is -2.33. The number of aryl methyl sites for hydroxylation is 1. The van der Waals surface area contributed by atoms with E-state index < -0.39 is 37.5 Å². The highest BCUT2D eigenvalue weighted by Crippen LogP contribution is 2.50. The van der Waals surface area contributed by atoms with Crippen LogP contribution in [-0.4, -0.2) is 66.3 Å². The zero-order valence-corrected chi connectivity index (χ0v) is 18.1. The first kappa shape index (κ1) is 25.4. The van der Waals surface area contributed by atoms with Gasteiger partial charge in [0.2, 0.25) is 0 Å². The van der Waals surface area contributed by atoms with Crippen molar-refractivity contribution in [3.8, 4) is 6.07 Å². The molecule has 1 aromatic rings. The summed E-state index contributed by atoms with van der Waals surface area (Å²) in [5.41, 5.74) is 4.50. The molecule has 13 nitrogen and oxygen atoms in total. The zero-order valence-electron chi connectivity index (χ0n) is 17.2. The minimum absolute atomic E-state index is 0.00653. The van der Waals surface area contributed by atoms with Gasteiger partial charge in [0.25, 0.3) is 5.56 Å². The van der Waals surface area contributed by atoms with Crippen molar-refractivity contribution in [1.29, 1.82) is 5.26 Å². The Hall–Kier alpha value is -1.88. The quantitative estimate of drug-likeness (QED) is 0.210. The summed E-state index contributed by atoms with van der Waals surface area (Å²) in [4.78, 5) is 25.7. The minimum Gasteiger partial charge on any atom is -0.390 e. The van der Waals surface area contributed by atoms with Crippen molar-refractivity contribution >= 4 is 7.82 Å². The molecular weight excluding hydrogens is 433 g/mol. The average molecular weight is 461 g/mol. The van der Waals surface area contributed by atoms with Gasteiger partial charge in [-0.1, -0.05) is 0 Å². The monoisotopic (exact) mass is 461 g/mol. The molecule has 0 bridgehead atoms. The predicted octanol–water partition coefficient (Wildman–Crippen LogP) is -0.887. The van der Waals surface area contributed by atoms with E-state index in [1.165, 1.54) is 17.7 Å². The lowest BCUT2D eigenvalue weighted by atomic mass is 10.2. The molecule has 0 radical (unpaired) electrons. The Bertz CT molecular complexity index is 913. The SMILES string of the molecule is Cc1cn([C@H]2C[C@H](O)[C@@H](COP(=O)(OCCC#N)OCCNCCN)O2)c(=O)[nH]c1=O. The van der Waals surface area contributed by atoms with Crippen LogP contribution in [0.2, 0.25) is 0 Å². The number of H-pyrrole nitrogens is 1. The number of phosphoric ester groups is 1. The first-order chi connectivity index (χ1) is 14.8. The van der Waals surface area contributed by atoms with Crippen molar-refractivity contribution in [3.05, 3.63) is 32.6 Å². The number of nitrogens with zero attached hydrogens (tertiary/aromatic N) is 2. The van der Waals surface area contributed by atoms with E-state index in [1.54, 1.807) is 0 Å². The van der Waals surface area contributed by atoms with Crippen molar-refractivity contribution in [2.75, 3.05) is 39.5 Å². The topological polar surface area (TPSA) is 191 Å². The molecule has 0 saturated carbocycles. The number of phosphoric acid groups is 1. The molecule has 174 valence electrons. The minimum atomic E-state index is -4.02. The first-order valence-electron chi connectivity index (χ1n) is 9.76. The van der Waals surface area contributed by atoms with Crippen LogP contribution in [0.4, 0.5) is 0 Å². The third kappa shape index (κ3) is 7.64. The Labute approximate surface area is 178 Å². The van der Waals surface area contributed by atoms with Gasteiger partial charge in [0.05, 0.1) is 38.4 Å². The molecule has 1 saturated heterocycles. The summed E-state index contributed by atoms with van der Waals surface area (Å²) < 4.78 is 35.3. The summed E-state index contributed by atoms with van der Waals surface area (Å²) in [6.45, 7) is 2.38. The van der Waals surface area contributed by atoms with Crippen LogP contribution in [0.5, 0.6) is 0 Å². The number of aliphatic hydroxyl groups excluding tert-OH is 1. The van der Waals surface area contributed by atoms with Crippen LogP contribution < -0.4 is 22.3 Å². The van der Waals surface area contributed by atoms with Gasteiger partial charge in [-0.15, -0.1) is 0 Å². The van der Waals surface area contributed by atoms with Gasteiger partial charge in [0.1, 0.15) is 12.3 Å². The van der Waals surface area contributed by atoms with E-state index in [-0.39, 0.29) is 32.7 Å². The van der Waals surface area contributed by atoms with E-state index in [0.717, 1.165) is 0 Å². The molecule has 0 amide bonds. The van der Waals surface area contributed by atoms with E-state index in [2.05, 4.69) is 10.3 Å². The second-order valence-corrected chi connectivity index (χ2v) is 8.44. The van der Waals surface area contributed by atoms with Crippen molar-refractivity contribution < 1.29 is 28.0 Å². The second kappa shape index (κ2) is 12.2. The number of aromatic amines is 1. The van der Waals surface area contributed by atoms with Gasteiger partial charge in [-0.25, -0.2) is 9.36 Å². The molecule has 31 heavy (non-hydrogen) atoms. The molecule has 1 fully saturated rings. The van der Waals surface area contributed by atoms with Crippen molar-refractivity contribution in [3.63, 3.8) is 0 Å². The van der Waals surface area contributed by atoms with Gasteiger partial charge in [-0.05, 0) is 6.92 Å². The molecule has 0 aromatic carbocycles. The fraction of sp³-hybridized carbons (Fsp3) is 0.706. The Kier molecular flexibility index (Phi) is 10.0. The van der Waals surface area contributed by atoms with Crippen LogP contribution in [0.3, 0.4) is 0 Å². The molecule has 2 rings (SSSR count). The summed E-state index contributed by atoms with van der Waals surface area (Å²) in [6, 6.07) is 1.86. The first-order valence-corrected chi connectivity index (χ1v) is 11.2. The van der Waals surface area contributed by atoms with Gasteiger partial charge >= 0.3 is 13.5 Å². The van der Waals surface area contributed by atoms with Crippen molar-refractivity contribution in [2.24, 2.45) is 5.73 Å². The summed E-state index contributed by atoms with van der Waals surface area (Å²) in [5.74, 6) is 0. The summed E-state index contributed by atoms with van der Waals surface area (Å²) in [7, 11) is -4.02. The van der Waals surface area contributed by atoms with Crippen LogP contribution in [0, 0.1) is 18.3 Å². The number of hydrogen-bond donors (Lipinski definition) is 4. The number of rotatable bonds is 13. The van der Waals surface area contributed by atoms with E-state index in [0.29, 0.717) is 25.2 Å². The van der Waals surface area contributed by atoms with Gasteiger partial charge < -0.3 is 20.9 Å². The molecule has 4 atom stereocenters. The molecule has 1 unspecified atom stereocenters. The third-order valence-corrected chi connectivity index (χ3v) is 5.83. The number of nitrogens with one attached hydrogen (secondary N) is 2. The summed E-state index contributed by atoms with van der Waals surface area (Å²) in [5, 5.41) is 21.9. The molecular formula is C17H28N5O8P. The lowest BCUT2D eigenvalue weighted by molar-refractivity contribution is -0.0481. The number of ether oxygens (including phenoxy) is 1.